The first kappa shape index (κ1) is 26.7. The quantitative estimate of drug-likeness (QED) is 0.443. The summed E-state index contributed by atoms with van der Waals surface area (Å²) in [7, 11) is 0. The molecule has 0 unspecified atom stereocenters. The SMILES string of the molecule is CCOc1cc(C2C3=C(CCCC3=O)N(CCC(=O)O)C3=C2C(=O)CCC3)ccc1OCc1ccccc1F. The van der Waals surface area contributed by atoms with Gasteiger partial charge in [-0.25, -0.2) is 4.39 Å². The molecule has 0 saturated carbocycles. The standard InChI is InChI=1S/C31H32FNO6/c1-2-38-27-17-19(13-14-26(27)39-18-20-7-3-4-8-21(20)32)29-30-22(9-5-11-24(30)34)33(16-15-28(36)37)23-10-6-12-25(35)31(23)29/h3-4,7-8,13-14,17,29H,2,5-6,9-12,15-16,18H2,1H3,(H,36,37). The third-order valence-corrected chi connectivity index (χ3v) is 7.58. The maximum Gasteiger partial charge on any atom is 0.305 e. The van der Waals surface area contributed by atoms with Crippen molar-refractivity contribution in [2.75, 3.05) is 13.2 Å². The van der Waals surface area contributed by atoms with Crippen LogP contribution in [0.5, 0.6) is 11.5 Å². The van der Waals surface area contributed by atoms with Crippen molar-refractivity contribution in [3.63, 3.8) is 0 Å². The van der Waals surface area contributed by atoms with E-state index in [4.69, 9.17) is 9.47 Å². The summed E-state index contributed by atoms with van der Waals surface area (Å²) in [6, 6.07) is 11.8. The van der Waals surface area contributed by atoms with E-state index in [0.29, 0.717) is 73.3 Å². The van der Waals surface area contributed by atoms with Gasteiger partial charge in [-0.15, -0.1) is 0 Å². The lowest BCUT2D eigenvalue weighted by molar-refractivity contribution is -0.137. The van der Waals surface area contributed by atoms with Gasteiger partial charge in [-0.2, -0.15) is 0 Å². The van der Waals surface area contributed by atoms with Crippen LogP contribution in [0.2, 0.25) is 0 Å². The van der Waals surface area contributed by atoms with E-state index in [0.717, 1.165) is 17.0 Å². The van der Waals surface area contributed by atoms with Crippen molar-refractivity contribution in [1.82, 2.24) is 4.90 Å². The Morgan fingerprint density at radius 1 is 0.949 bits per heavy atom. The third kappa shape index (κ3) is 5.33. The average molecular weight is 534 g/mol. The highest BCUT2D eigenvalue weighted by Crippen LogP contribution is 2.50. The number of hydrogen-bond donors (Lipinski definition) is 1. The van der Waals surface area contributed by atoms with Gasteiger partial charge >= 0.3 is 5.97 Å². The molecule has 0 spiro atoms. The molecule has 0 amide bonds. The minimum absolute atomic E-state index is 0.00987. The van der Waals surface area contributed by atoms with Gasteiger partial charge in [0.15, 0.2) is 23.1 Å². The molecule has 0 fully saturated rings. The maximum absolute atomic E-state index is 14.1. The maximum atomic E-state index is 14.1. The lowest BCUT2D eigenvalue weighted by Gasteiger charge is -2.44. The molecular weight excluding hydrogens is 501 g/mol. The Morgan fingerprint density at radius 3 is 2.23 bits per heavy atom. The second-order valence-electron chi connectivity index (χ2n) is 10.0. The Labute approximate surface area is 226 Å². The topological polar surface area (TPSA) is 93.1 Å². The molecule has 39 heavy (non-hydrogen) atoms. The fourth-order valence-electron chi connectivity index (χ4n) is 5.89. The Kier molecular flexibility index (Phi) is 7.82. The molecule has 1 N–H and O–H groups in total. The Hall–Kier alpha value is -3.94. The molecule has 2 aromatic carbocycles. The predicted octanol–water partition coefficient (Wildman–Crippen LogP) is 5.69. The van der Waals surface area contributed by atoms with Crippen molar-refractivity contribution in [2.24, 2.45) is 0 Å². The number of benzene rings is 2. The number of ether oxygens (including phenoxy) is 2. The third-order valence-electron chi connectivity index (χ3n) is 7.58. The van der Waals surface area contributed by atoms with Crippen LogP contribution in [0.15, 0.2) is 65.0 Å². The van der Waals surface area contributed by atoms with Gasteiger partial charge in [0.1, 0.15) is 12.4 Å². The first-order valence-corrected chi connectivity index (χ1v) is 13.5. The Morgan fingerprint density at radius 2 is 1.62 bits per heavy atom. The second kappa shape index (κ2) is 11.4. The number of carbonyl (C=O) groups excluding carboxylic acids is 2. The molecule has 5 rings (SSSR count). The molecule has 3 aliphatic rings. The van der Waals surface area contributed by atoms with Crippen molar-refractivity contribution in [1.29, 1.82) is 0 Å². The van der Waals surface area contributed by atoms with Crippen LogP contribution >= 0.6 is 0 Å². The lowest BCUT2D eigenvalue weighted by atomic mass is 9.71. The van der Waals surface area contributed by atoms with Crippen LogP contribution in [-0.4, -0.2) is 40.7 Å². The summed E-state index contributed by atoms with van der Waals surface area (Å²) in [6.45, 7) is 2.47. The average Bonchev–Trinajstić information content (AvgIpc) is 2.92. The summed E-state index contributed by atoms with van der Waals surface area (Å²) >= 11 is 0. The van der Waals surface area contributed by atoms with E-state index in [2.05, 4.69) is 0 Å². The molecule has 1 aliphatic heterocycles. The zero-order chi connectivity index (χ0) is 27.5. The molecule has 8 heteroatoms. The number of carbonyl (C=O) groups is 3. The van der Waals surface area contributed by atoms with Crippen LogP contribution < -0.4 is 9.47 Å². The number of ketones is 2. The summed E-state index contributed by atoms with van der Waals surface area (Å²) in [4.78, 5) is 40.2. The summed E-state index contributed by atoms with van der Waals surface area (Å²) in [6.07, 6.45) is 3.40. The smallest absolute Gasteiger partial charge is 0.305 e. The number of aliphatic carboxylic acids is 1. The number of hydrogen-bond acceptors (Lipinski definition) is 6. The van der Waals surface area contributed by atoms with Crippen LogP contribution in [0.3, 0.4) is 0 Å². The van der Waals surface area contributed by atoms with Crippen molar-refractivity contribution >= 4 is 17.5 Å². The van der Waals surface area contributed by atoms with Crippen molar-refractivity contribution < 1.29 is 33.4 Å². The molecule has 0 atom stereocenters. The molecule has 0 bridgehead atoms. The molecule has 1 heterocycles. The van der Waals surface area contributed by atoms with Crippen molar-refractivity contribution in [3.8, 4) is 11.5 Å². The van der Waals surface area contributed by atoms with Gasteiger partial charge in [-0.05, 0) is 56.4 Å². The van der Waals surface area contributed by atoms with E-state index in [9.17, 15) is 23.9 Å². The lowest BCUT2D eigenvalue weighted by Crippen LogP contribution is -2.39. The van der Waals surface area contributed by atoms with Crippen molar-refractivity contribution in [3.05, 3.63) is 81.9 Å². The minimum Gasteiger partial charge on any atom is -0.490 e. The summed E-state index contributed by atoms with van der Waals surface area (Å²) in [5.74, 6) is -0.943. The molecule has 204 valence electrons. The van der Waals surface area contributed by atoms with Gasteiger partial charge in [-0.3, -0.25) is 14.4 Å². The normalized spacial score (nSPS) is 17.7. The highest BCUT2D eigenvalue weighted by Gasteiger charge is 2.43. The van der Waals surface area contributed by atoms with Crippen LogP contribution in [0.4, 0.5) is 4.39 Å². The zero-order valence-electron chi connectivity index (χ0n) is 22.0. The summed E-state index contributed by atoms with van der Waals surface area (Å²) < 4.78 is 26.0. The monoisotopic (exact) mass is 533 g/mol. The minimum atomic E-state index is -0.918. The molecular formula is C31H32FNO6. The highest BCUT2D eigenvalue weighted by molar-refractivity contribution is 6.06. The van der Waals surface area contributed by atoms with Gasteiger partial charge < -0.3 is 19.5 Å². The van der Waals surface area contributed by atoms with Gasteiger partial charge in [0.2, 0.25) is 0 Å². The zero-order valence-corrected chi connectivity index (χ0v) is 22.0. The van der Waals surface area contributed by atoms with E-state index >= 15 is 0 Å². The number of Topliss-reactive ketones (excluding diaryl/α,β-unsaturated/α-hetero) is 2. The van der Waals surface area contributed by atoms with Crippen LogP contribution in [0.25, 0.3) is 0 Å². The number of allylic oxidation sites excluding steroid dienone is 4. The highest BCUT2D eigenvalue weighted by atomic mass is 19.1. The number of carboxylic acid groups (broad SMARTS) is 1. The number of nitrogens with zero attached hydrogens (tertiary/aromatic N) is 1. The number of carboxylic acids is 1. The van der Waals surface area contributed by atoms with Crippen molar-refractivity contribution in [2.45, 2.75) is 64.4 Å². The Bertz CT molecular complexity index is 1330. The van der Waals surface area contributed by atoms with Crippen LogP contribution in [0.1, 0.15) is 68.9 Å². The number of halogens is 1. The van der Waals surface area contributed by atoms with E-state index in [1.807, 2.05) is 24.0 Å². The van der Waals surface area contributed by atoms with Crippen LogP contribution in [0, 0.1) is 5.82 Å². The van der Waals surface area contributed by atoms with Gasteiger partial charge in [0, 0.05) is 53.4 Å². The number of rotatable bonds is 9. The van der Waals surface area contributed by atoms with Crippen LogP contribution in [-0.2, 0) is 21.0 Å². The second-order valence-corrected chi connectivity index (χ2v) is 10.0. The van der Waals surface area contributed by atoms with E-state index in [-0.39, 0.29) is 37.0 Å². The molecule has 7 nitrogen and oxygen atoms in total. The van der Waals surface area contributed by atoms with Gasteiger partial charge in [0.05, 0.1) is 13.0 Å². The molecule has 0 aromatic heterocycles. The largest absolute Gasteiger partial charge is 0.490 e. The van der Waals surface area contributed by atoms with Gasteiger partial charge in [-0.1, -0.05) is 24.3 Å². The van der Waals surface area contributed by atoms with E-state index in [1.165, 1.54) is 6.07 Å². The molecule has 0 saturated heterocycles. The summed E-state index contributed by atoms with van der Waals surface area (Å²) in [5.41, 5.74) is 4.02. The van der Waals surface area contributed by atoms with E-state index < -0.39 is 11.9 Å². The molecule has 2 aliphatic carbocycles. The molecule has 2 aromatic rings. The molecule has 0 radical (unpaired) electrons. The first-order valence-electron chi connectivity index (χ1n) is 13.5. The summed E-state index contributed by atoms with van der Waals surface area (Å²) in [5, 5.41) is 9.37. The first-order chi connectivity index (χ1) is 18.9. The van der Waals surface area contributed by atoms with Gasteiger partial charge in [0.25, 0.3) is 0 Å². The van der Waals surface area contributed by atoms with E-state index in [1.54, 1.807) is 24.3 Å². The fraction of sp³-hybridized carbons (Fsp3) is 0.387. The Balaban J connectivity index is 1.57. The predicted molar refractivity (Wildman–Crippen MR) is 142 cm³/mol. The fourth-order valence-corrected chi connectivity index (χ4v) is 5.89.